The molecule has 0 radical (unpaired) electrons. The van der Waals surface area contributed by atoms with Crippen molar-refractivity contribution in [3.63, 3.8) is 0 Å². The lowest BCUT2D eigenvalue weighted by Crippen LogP contribution is -2.63. The maximum absolute atomic E-state index is 5.33. The largest absolute Gasteiger partial charge is 0.383 e. The molecule has 15 heavy (non-hydrogen) atoms. The smallest absolute Gasteiger partial charge is 0.0641 e. The fraction of sp³-hybridized carbons (Fsp3) is 1.00. The Morgan fingerprint density at radius 2 is 2.13 bits per heavy atom. The number of nitrogens with one attached hydrogen (secondary N) is 1. The average molecular weight is 214 g/mol. The molecule has 1 aliphatic heterocycles. The first kappa shape index (κ1) is 12.9. The van der Waals surface area contributed by atoms with E-state index in [-0.39, 0.29) is 5.54 Å². The highest BCUT2D eigenvalue weighted by Gasteiger charge is 2.35. The van der Waals surface area contributed by atoms with Crippen molar-refractivity contribution in [3.05, 3.63) is 0 Å². The third-order valence-electron chi connectivity index (χ3n) is 3.36. The van der Waals surface area contributed by atoms with Gasteiger partial charge < -0.3 is 10.1 Å². The normalized spacial score (nSPS) is 29.4. The van der Waals surface area contributed by atoms with Crippen molar-refractivity contribution in [1.29, 1.82) is 0 Å². The minimum atomic E-state index is 0.145. The molecule has 1 N–H and O–H groups in total. The van der Waals surface area contributed by atoms with E-state index < -0.39 is 0 Å². The first-order valence-corrected chi connectivity index (χ1v) is 6.00. The second-order valence-corrected chi connectivity index (χ2v) is 5.27. The molecule has 3 heteroatoms. The van der Waals surface area contributed by atoms with Gasteiger partial charge in [0.2, 0.25) is 0 Å². The molecule has 2 atom stereocenters. The van der Waals surface area contributed by atoms with Crippen LogP contribution in [0.2, 0.25) is 0 Å². The third-order valence-corrected chi connectivity index (χ3v) is 3.36. The van der Waals surface area contributed by atoms with Gasteiger partial charge in [-0.25, -0.2) is 0 Å². The monoisotopic (exact) mass is 214 g/mol. The number of hydrogen-bond donors (Lipinski definition) is 1. The van der Waals surface area contributed by atoms with E-state index in [1.54, 1.807) is 7.11 Å². The van der Waals surface area contributed by atoms with Crippen molar-refractivity contribution in [1.82, 2.24) is 10.2 Å². The van der Waals surface area contributed by atoms with Crippen molar-refractivity contribution < 1.29 is 4.74 Å². The number of hydrogen-bond acceptors (Lipinski definition) is 3. The van der Waals surface area contributed by atoms with Crippen LogP contribution >= 0.6 is 0 Å². The lowest BCUT2D eigenvalue weighted by Gasteiger charge is -2.48. The number of ether oxygens (including phenoxy) is 1. The van der Waals surface area contributed by atoms with E-state index in [9.17, 15) is 0 Å². The van der Waals surface area contributed by atoms with Crippen molar-refractivity contribution in [2.45, 2.75) is 51.7 Å². The van der Waals surface area contributed by atoms with E-state index in [2.05, 4.69) is 37.9 Å². The van der Waals surface area contributed by atoms with E-state index in [0.29, 0.717) is 12.1 Å². The van der Waals surface area contributed by atoms with E-state index in [4.69, 9.17) is 4.74 Å². The predicted octanol–water partition coefficient (Wildman–Crippen LogP) is 1.48. The molecule has 2 unspecified atom stereocenters. The molecule has 0 spiro atoms. The van der Waals surface area contributed by atoms with Gasteiger partial charge in [-0.15, -0.1) is 0 Å². The highest BCUT2D eigenvalue weighted by atomic mass is 16.5. The van der Waals surface area contributed by atoms with Crippen LogP contribution in [0.3, 0.4) is 0 Å². The van der Waals surface area contributed by atoms with Crippen LogP contribution in [0.15, 0.2) is 0 Å². The second-order valence-electron chi connectivity index (χ2n) is 5.27. The predicted molar refractivity (Wildman–Crippen MR) is 64.2 cm³/mol. The molecule has 1 rings (SSSR count). The Kier molecular flexibility index (Phi) is 4.56. The van der Waals surface area contributed by atoms with Gasteiger partial charge in [-0.2, -0.15) is 0 Å². The minimum absolute atomic E-state index is 0.145. The zero-order valence-corrected chi connectivity index (χ0v) is 10.8. The van der Waals surface area contributed by atoms with Crippen molar-refractivity contribution in [3.8, 4) is 0 Å². The average Bonchev–Trinajstić information content (AvgIpc) is 2.17. The summed E-state index contributed by atoms with van der Waals surface area (Å²) >= 11 is 0. The summed E-state index contributed by atoms with van der Waals surface area (Å²) in [5, 5.41) is 3.54. The van der Waals surface area contributed by atoms with Crippen LogP contribution in [0.1, 0.15) is 34.1 Å². The third kappa shape index (κ3) is 3.16. The molecule has 1 aliphatic rings. The van der Waals surface area contributed by atoms with Gasteiger partial charge in [0.25, 0.3) is 0 Å². The quantitative estimate of drug-likeness (QED) is 0.767. The highest BCUT2D eigenvalue weighted by Crippen LogP contribution is 2.22. The molecule has 1 heterocycles. The van der Waals surface area contributed by atoms with Gasteiger partial charge in [-0.05, 0) is 27.2 Å². The van der Waals surface area contributed by atoms with Gasteiger partial charge in [0, 0.05) is 37.8 Å². The van der Waals surface area contributed by atoms with E-state index in [0.717, 1.165) is 19.7 Å². The van der Waals surface area contributed by atoms with E-state index in [1.807, 2.05) is 0 Å². The molecule has 0 saturated carbocycles. The maximum Gasteiger partial charge on any atom is 0.0641 e. The maximum atomic E-state index is 5.33. The zero-order chi connectivity index (χ0) is 11.5. The summed E-state index contributed by atoms with van der Waals surface area (Å²) in [5.41, 5.74) is 0.145. The van der Waals surface area contributed by atoms with Gasteiger partial charge in [0.1, 0.15) is 0 Å². The Morgan fingerprint density at radius 3 is 2.67 bits per heavy atom. The fourth-order valence-corrected chi connectivity index (χ4v) is 2.50. The SMILES string of the molecule is CCC1CNC(C)CN1C(C)(C)COC. The lowest BCUT2D eigenvalue weighted by molar-refractivity contribution is -0.0160. The number of rotatable bonds is 4. The molecule has 3 nitrogen and oxygen atoms in total. The summed E-state index contributed by atoms with van der Waals surface area (Å²) in [6.45, 7) is 12.1. The summed E-state index contributed by atoms with van der Waals surface area (Å²) < 4.78 is 5.33. The van der Waals surface area contributed by atoms with Crippen LogP contribution in [0.25, 0.3) is 0 Å². The Hall–Kier alpha value is -0.120. The molecule has 0 bridgehead atoms. The van der Waals surface area contributed by atoms with Gasteiger partial charge >= 0.3 is 0 Å². The molecule has 0 amide bonds. The zero-order valence-electron chi connectivity index (χ0n) is 10.8. The Morgan fingerprint density at radius 1 is 1.47 bits per heavy atom. The summed E-state index contributed by atoms with van der Waals surface area (Å²) in [7, 11) is 1.79. The summed E-state index contributed by atoms with van der Waals surface area (Å²) in [5.74, 6) is 0. The Bertz CT molecular complexity index is 194. The molecule has 0 aromatic heterocycles. The number of piperazine rings is 1. The molecule has 0 aromatic rings. The van der Waals surface area contributed by atoms with Crippen molar-refractivity contribution in [2.75, 3.05) is 26.8 Å². The van der Waals surface area contributed by atoms with Gasteiger partial charge in [0.05, 0.1) is 6.61 Å². The van der Waals surface area contributed by atoms with Crippen LogP contribution in [-0.2, 0) is 4.74 Å². The molecule has 1 saturated heterocycles. The minimum Gasteiger partial charge on any atom is -0.383 e. The summed E-state index contributed by atoms with van der Waals surface area (Å²) in [4.78, 5) is 2.59. The summed E-state index contributed by atoms with van der Waals surface area (Å²) in [6, 6.07) is 1.23. The first-order valence-electron chi connectivity index (χ1n) is 6.00. The molecule has 90 valence electrons. The van der Waals surface area contributed by atoms with Gasteiger partial charge in [0.15, 0.2) is 0 Å². The molecule has 0 aromatic carbocycles. The molecule has 0 aliphatic carbocycles. The van der Waals surface area contributed by atoms with Crippen LogP contribution < -0.4 is 5.32 Å². The van der Waals surface area contributed by atoms with Crippen LogP contribution in [-0.4, -0.2) is 49.3 Å². The van der Waals surface area contributed by atoms with E-state index >= 15 is 0 Å². The summed E-state index contributed by atoms with van der Waals surface area (Å²) in [6.07, 6.45) is 1.20. The lowest BCUT2D eigenvalue weighted by atomic mass is 9.96. The van der Waals surface area contributed by atoms with E-state index in [1.165, 1.54) is 6.42 Å². The fourth-order valence-electron chi connectivity index (χ4n) is 2.50. The molecular weight excluding hydrogens is 188 g/mol. The van der Waals surface area contributed by atoms with Crippen LogP contribution in [0.5, 0.6) is 0 Å². The Labute approximate surface area is 94.2 Å². The van der Waals surface area contributed by atoms with Crippen LogP contribution in [0, 0.1) is 0 Å². The first-order chi connectivity index (χ1) is 7.01. The van der Waals surface area contributed by atoms with Crippen molar-refractivity contribution in [2.24, 2.45) is 0 Å². The number of methoxy groups -OCH3 is 1. The molecule has 1 fully saturated rings. The Balaban J connectivity index is 2.69. The van der Waals surface area contributed by atoms with Gasteiger partial charge in [-0.1, -0.05) is 6.92 Å². The standard InChI is InChI=1S/C12H26N2O/c1-6-11-7-13-10(2)8-14(11)12(3,4)9-15-5/h10-11,13H,6-9H2,1-5H3. The van der Waals surface area contributed by atoms with Crippen molar-refractivity contribution >= 4 is 0 Å². The topological polar surface area (TPSA) is 24.5 Å². The van der Waals surface area contributed by atoms with Gasteiger partial charge in [-0.3, -0.25) is 4.90 Å². The highest BCUT2D eigenvalue weighted by molar-refractivity contribution is 4.92. The number of nitrogens with zero attached hydrogens (tertiary/aromatic N) is 1. The van der Waals surface area contributed by atoms with Crippen LogP contribution in [0.4, 0.5) is 0 Å². The second kappa shape index (κ2) is 5.28. The molecular formula is C12H26N2O.